The molecule has 3 N–H and O–H groups in total. The minimum atomic E-state index is -0.606. The highest BCUT2D eigenvalue weighted by Crippen LogP contribution is 2.28. The number of nitro groups is 1. The summed E-state index contributed by atoms with van der Waals surface area (Å²) in [6, 6.07) is 8.48. The van der Waals surface area contributed by atoms with Crippen LogP contribution in [0.4, 0.5) is 11.4 Å². The van der Waals surface area contributed by atoms with Crippen LogP contribution in [0.2, 0.25) is 0 Å². The van der Waals surface area contributed by atoms with E-state index in [0.717, 1.165) is 23.6 Å². The van der Waals surface area contributed by atoms with Gasteiger partial charge in [0.1, 0.15) is 5.75 Å². The van der Waals surface area contributed by atoms with Crippen molar-refractivity contribution in [1.82, 2.24) is 10.2 Å². The van der Waals surface area contributed by atoms with Crippen molar-refractivity contribution in [3.63, 3.8) is 0 Å². The molecule has 0 saturated heterocycles. The van der Waals surface area contributed by atoms with Gasteiger partial charge in [0.15, 0.2) is 0 Å². The molecule has 0 unspecified atom stereocenters. The molecule has 3 rings (SSSR count). The van der Waals surface area contributed by atoms with E-state index in [1.807, 2.05) is 0 Å². The zero-order chi connectivity index (χ0) is 15.7. The Morgan fingerprint density at radius 3 is 2.91 bits per heavy atom. The molecule has 22 heavy (non-hydrogen) atoms. The molecule has 1 aromatic heterocycles. The Morgan fingerprint density at radius 1 is 1.32 bits per heavy atom. The van der Waals surface area contributed by atoms with Crippen LogP contribution >= 0.6 is 0 Å². The number of aromatic nitrogens is 2. The number of fused-ring (bicyclic) bond motifs is 1. The number of nitrogens with zero attached hydrogens (tertiary/aromatic N) is 2. The molecule has 1 heterocycles. The molecule has 0 aliphatic rings. The van der Waals surface area contributed by atoms with Crippen LogP contribution in [0, 0.1) is 10.1 Å². The summed E-state index contributed by atoms with van der Waals surface area (Å²) in [4.78, 5) is 22.5. The lowest BCUT2D eigenvalue weighted by molar-refractivity contribution is -0.384. The number of phenolic OH excluding ortho intramolecular Hbond substituents is 1. The van der Waals surface area contributed by atoms with Crippen molar-refractivity contribution in [2.75, 3.05) is 5.32 Å². The predicted molar refractivity (Wildman–Crippen MR) is 78.8 cm³/mol. The van der Waals surface area contributed by atoms with Crippen molar-refractivity contribution in [2.24, 2.45) is 0 Å². The number of aromatic hydroxyl groups is 1. The fourth-order valence-electron chi connectivity index (χ4n) is 2.09. The van der Waals surface area contributed by atoms with Gasteiger partial charge in [-0.15, -0.1) is 0 Å². The number of benzene rings is 2. The quantitative estimate of drug-likeness (QED) is 0.389. The van der Waals surface area contributed by atoms with Crippen LogP contribution < -0.4 is 5.32 Å². The molecule has 0 bridgehead atoms. The molecule has 0 fully saturated rings. The highest BCUT2D eigenvalue weighted by molar-refractivity contribution is 6.12. The summed E-state index contributed by atoms with van der Waals surface area (Å²) in [5, 5.41) is 30.3. The third kappa shape index (κ3) is 2.33. The first-order chi connectivity index (χ1) is 10.6. The number of nitro benzene ring substituents is 1. The maximum Gasteiger partial charge on any atom is 0.271 e. The van der Waals surface area contributed by atoms with Gasteiger partial charge in [-0.2, -0.15) is 5.10 Å². The van der Waals surface area contributed by atoms with Crippen molar-refractivity contribution >= 4 is 28.2 Å². The number of phenols is 1. The molecule has 0 spiro atoms. The Morgan fingerprint density at radius 2 is 2.14 bits per heavy atom. The minimum absolute atomic E-state index is 0.0317. The average Bonchev–Trinajstić information content (AvgIpc) is 2.97. The van der Waals surface area contributed by atoms with Crippen molar-refractivity contribution in [3.05, 3.63) is 58.3 Å². The fraction of sp³-hybridized carbons (Fsp3) is 0. The Bertz CT molecular complexity index is 887. The number of anilines is 1. The van der Waals surface area contributed by atoms with Crippen LogP contribution in [-0.4, -0.2) is 26.1 Å². The number of para-hydroxylation sites is 1. The SMILES string of the molecule is O=C(Nc1cc([N+](=O)[O-])ccc1O)c1cccc2cn[nH]c12. The highest BCUT2D eigenvalue weighted by atomic mass is 16.6. The lowest BCUT2D eigenvalue weighted by Crippen LogP contribution is -2.12. The lowest BCUT2D eigenvalue weighted by atomic mass is 10.1. The van der Waals surface area contributed by atoms with E-state index in [2.05, 4.69) is 15.5 Å². The van der Waals surface area contributed by atoms with E-state index in [9.17, 15) is 20.0 Å². The first-order valence-electron chi connectivity index (χ1n) is 6.27. The largest absolute Gasteiger partial charge is 0.506 e. The normalized spacial score (nSPS) is 10.5. The summed E-state index contributed by atoms with van der Waals surface area (Å²) in [7, 11) is 0. The summed E-state index contributed by atoms with van der Waals surface area (Å²) >= 11 is 0. The van der Waals surface area contributed by atoms with Gasteiger partial charge >= 0.3 is 0 Å². The molecule has 3 aromatic rings. The van der Waals surface area contributed by atoms with E-state index in [1.54, 1.807) is 24.4 Å². The van der Waals surface area contributed by atoms with Gasteiger partial charge in [-0.05, 0) is 12.1 Å². The third-order valence-electron chi connectivity index (χ3n) is 3.16. The standard InChI is InChI=1S/C14H10N4O4/c19-12-5-4-9(18(21)22)6-11(12)16-14(20)10-3-1-2-8-7-15-17-13(8)10/h1-7,19H,(H,15,17)(H,16,20). The molecule has 0 radical (unpaired) electrons. The summed E-state index contributed by atoms with van der Waals surface area (Å²) in [6.45, 7) is 0. The Hall–Kier alpha value is -3.42. The molecule has 0 atom stereocenters. The monoisotopic (exact) mass is 298 g/mol. The number of aromatic amines is 1. The fourth-order valence-corrected chi connectivity index (χ4v) is 2.09. The number of rotatable bonds is 3. The lowest BCUT2D eigenvalue weighted by Gasteiger charge is -2.07. The second-order valence-electron chi connectivity index (χ2n) is 4.55. The van der Waals surface area contributed by atoms with Gasteiger partial charge in [-0.25, -0.2) is 0 Å². The summed E-state index contributed by atoms with van der Waals surface area (Å²) < 4.78 is 0. The smallest absolute Gasteiger partial charge is 0.271 e. The van der Waals surface area contributed by atoms with Crippen molar-refractivity contribution in [1.29, 1.82) is 0 Å². The van der Waals surface area contributed by atoms with Crippen LogP contribution in [0.3, 0.4) is 0 Å². The molecule has 0 aliphatic heterocycles. The number of non-ortho nitro benzene ring substituents is 1. The van der Waals surface area contributed by atoms with Crippen LogP contribution in [0.15, 0.2) is 42.6 Å². The van der Waals surface area contributed by atoms with Crippen LogP contribution in [0.25, 0.3) is 10.9 Å². The van der Waals surface area contributed by atoms with E-state index in [0.29, 0.717) is 11.1 Å². The number of carbonyl (C=O) groups excluding carboxylic acids is 1. The summed E-state index contributed by atoms with van der Waals surface area (Å²) in [5.41, 5.74) is 0.606. The van der Waals surface area contributed by atoms with E-state index >= 15 is 0 Å². The maximum absolute atomic E-state index is 12.3. The number of amides is 1. The first kappa shape index (κ1) is 13.6. The summed E-state index contributed by atoms with van der Waals surface area (Å²) in [5.74, 6) is -0.763. The molecule has 8 heteroatoms. The number of nitrogens with one attached hydrogen (secondary N) is 2. The number of carbonyl (C=O) groups is 1. The van der Waals surface area contributed by atoms with Gasteiger partial charge in [0.25, 0.3) is 11.6 Å². The number of hydrogen-bond acceptors (Lipinski definition) is 5. The second kappa shape index (κ2) is 5.17. The molecule has 0 aliphatic carbocycles. The van der Waals surface area contributed by atoms with Gasteiger partial charge in [-0.3, -0.25) is 20.0 Å². The minimum Gasteiger partial charge on any atom is -0.506 e. The highest BCUT2D eigenvalue weighted by Gasteiger charge is 2.16. The van der Waals surface area contributed by atoms with Crippen molar-refractivity contribution in [3.8, 4) is 5.75 Å². The number of hydrogen-bond donors (Lipinski definition) is 3. The Balaban J connectivity index is 1.96. The predicted octanol–water partition coefficient (Wildman–Crippen LogP) is 2.43. The van der Waals surface area contributed by atoms with E-state index in [1.165, 1.54) is 0 Å². The molecular weight excluding hydrogens is 288 g/mol. The average molecular weight is 298 g/mol. The molecule has 8 nitrogen and oxygen atoms in total. The Kier molecular flexibility index (Phi) is 3.18. The maximum atomic E-state index is 12.3. The number of H-pyrrole nitrogens is 1. The first-order valence-corrected chi connectivity index (χ1v) is 6.27. The van der Waals surface area contributed by atoms with Gasteiger partial charge in [0.2, 0.25) is 0 Å². The van der Waals surface area contributed by atoms with Gasteiger partial charge in [0.05, 0.1) is 27.9 Å². The molecule has 2 aromatic carbocycles. The second-order valence-corrected chi connectivity index (χ2v) is 4.55. The van der Waals surface area contributed by atoms with Crippen molar-refractivity contribution < 1.29 is 14.8 Å². The van der Waals surface area contributed by atoms with E-state index < -0.39 is 10.8 Å². The summed E-state index contributed by atoms with van der Waals surface area (Å²) in [6.07, 6.45) is 1.58. The van der Waals surface area contributed by atoms with Gasteiger partial charge < -0.3 is 10.4 Å². The molecule has 110 valence electrons. The van der Waals surface area contributed by atoms with Crippen molar-refractivity contribution in [2.45, 2.75) is 0 Å². The van der Waals surface area contributed by atoms with Crippen LogP contribution in [-0.2, 0) is 0 Å². The molecule has 0 saturated carbocycles. The zero-order valence-electron chi connectivity index (χ0n) is 11.1. The molecular formula is C14H10N4O4. The van der Waals surface area contributed by atoms with Gasteiger partial charge in [-0.1, -0.05) is 12.1 Å². The zero-order valence-corrected chi connectivity index (χ0v) is 11.1. The van der Waals surface area contributed by atoms with Gasteiger partial charge in [0, 0.05) is 17.5 Å². The van der Waals surface area contributed by atoms with E-state index in [-0.39, 0.29) is 17.1 Å². The van der Waals surface area contributed by atoms with Crippen LogP contribution in [0.5, 0.6) is 5.75 Å². The third-order valence-corrected chi connectivity index (χ3v) is 3.16. The van der Waals surface area contributed by atoms with E-state index in [4.69, 9.17) is 0 Å². The van der Waals surface area contributed by atoms with Crippen LogP contribution in [0.1, 0.15) is 10.4 Å². The topological polar surface area (TPSA) is 121 Å². The Labute approximate surface area is 123 Å². The molecule has 1 amide bonds.